The first-order valence-corrected chi connectivity index (χ1v) is 8.98. The zero-order valence-corrected chi connectivity index (χ0v) is 15.9. The molecule has 0 aliphatic carbocycles. The van der Waals surface area contributed by atoms with Gasteiger partial charge in [-0.1, -0.05) is 48.5 Å². The number of pyridine rings is 1. The van der Waals surface area contributed by atoms with E-state index in [0.717, 1.165) is 11.1 Å². The molecule has 0 saturated heterocycles. The minimum Gasteiger partial charge on any atom is -0.467 e. The van der Waals surface area contributed by atoms with Crippen LogP contribution in [0, 0.1) is 6.92 Å². The summed E-state index contributed by atoms with van der Waals surface area (Å²) < 4.78 is 5.13. The fourth-order valence-corrected chi connectivity index (χ4v) is 3.13. The number of nitrogens with zero attached hydrogens (tertiary/aromatic N) is 1. The predicted molar refractivity (Wildman–Crippen MR) is 107 cm³/mol. The van der Waals surface area contributed by atoms with Crippen molar-refractivity contribution in [3.05, 3.63) is 101 Å². The molecule has 1 atom stereocenters. The van der Waals surface area contributed by atoms with Crippen molar-refractivity contribution in [1.29, 1.82) is 0 Å². The Morgan fingerprint density at radius 1 is 1.00 bits per heavy atom. The Morgan fingerprint density at radius 2 is 1.64 bits per heavy atom. The lowest BCUT2D eigenvalue weighted by Crippen LogP contribution is -2.54. The van der Waals surface area contributed by atoms with Crippen LogP contribution in [0.15, 0.2) is 79.0 Å². The maximum absolute atomic E-state index is 13.0. The SMILES string of the molecule is COC(=O)C(Cc1ccccc1)(NC(=O)c1ccccc1)c1cc(C)ccn1. The lowest BCUT2D eigenvalue weighted by Gasteiger charge is -2.32. The summed E-state index contributed by atoms with van der Waals surface area (Å²) in [6.07, 6.45) is 1.84. The fourth-order valence-electron chi connectivity index (χ4n) is 3.13. The summed E-state index contributed by atoms with van der Waals surface area (Å²) >= 11 is 0. The van der Waals surface area contributed by atoms with Crippen LogP contribution in [0.2, 0.25) is 0 Å². The topological polar surface area (TPSA) is 68.3 Å². The molecule has 3 rings (SSSR count). The van der Waals surface area contributed by atoms with Crippen LogP contribution in [0.5, 0.6) is 0 Å². The minimum absolute atomic E-state index is 0.218. The molecule has 0 bridgehead atoms. The van der Waals surface area contributed by atoms with Crippen LogP contribution in [0.4, 0.5) is 0 Å². The summed E-state index contributed by atoms with van der Waals surface area (Å²) in [6, 6.07) is 21.9. The van der Waals surface area contributed by atoms with Gasteiger partial charge in [0.1, 0.15) is 0 Å². The Balaban J connectivity index is 2.11. The number of methoxy groups -OCH3 is 1. The van der Waals surface area contributed by atoms with Crippen LogP contribution in [0.25, 0.3) is 0 Å². The zero-order chi connectivity index (χ0) is 20.0. The normalized spacial score (nSPS) is 12.6. The van der Waals surface area contributed by atoms with Crippen molar-refractivity contribution < 1.29 is 14.3 Å². The second kappa shape index (κ2) is 8.48. The molecule has 5 heteroatoms. The van der Waals surface area contributed by atoms with E-state index in [0.29, 0.717) is 11.3 Å². The van der Waals surface area contributed by atoms with Crippen molar-refractivity contribution in [2.75, 3.05) is 7.11 Å². The van der Waals surface area contributed by atoms with Crippen molar-refractivity contribution >= 4 is 11.9 Å². The number of esters is 1. The van der Waals surface area contributed by atoms with Crippen molar-refractivity contribution in [3.63, 3.8) is 0 Å². The maximum Gasteiger partial charge on any atom is 0.338 e. The highest BCUT2D eigenvalue weighted by Crippen LogP contribution is 2.27. The Morgan fingerprint density at radius 3 is 2.25 bits per heavy atom. The smallest absolute Gasteiger partial charge is 0.338 e. The number of hydrogen-bond acceptors (Lipinski definition) is 4. The quantitative estimate of drug-likeness (QED) is 0.671. The minimum atomic E-state index is -1.45. The molecule has 1 aromatic heterocycles. The Labute approximate surface area is 164 Å². The van der Waals surface area contributed by atoms with Gasteiger partial charge in [0.25, 0.3) is 5.91 Å². The van der Waals surface area contributed by atoms with Crippen LogP contribution < -0.4 is 5.32 Å². The van der Waals surface area contributed by atoms with Gasteiger partial charge in [0.15, 0.2) is 5.54 Å². The number of benzene rings is 2. The first kappa shape index (κ1) is 19.3. The predicted octanol–water partition coefficient (Wildman–Crippen LogP) is 3.43. The van der Waals surface area contributed by atoms with E-state index in [2.05, 4.69) is 10.3 Å². The van der Waals surface area contributed by atoms with Crippen molar-refractivity contribution in [1.82, 2.24) is 10.3 Å². The highest BCUT2D eigenvalue weighted by atomic mass is 16.5. The van der Waals surface area contributed by atoms with Gasteiger partial charge in [-0.3, -0.25) is 9.78 Å². The van der Waals surface area contributed by atoms with Gasteiger partial charge in [-0.05, 0) is 42.3 Å². The summed E-state index contributed by atoms with van der Waals surface area (Å²) in [6.45, 7) is 1.91. The number of rotatable bonds is 6. The third-order valence-corrected chi connectivity index (χ3v) is 4.56. The third-order valence-electron chi connectivity index (χ3n) is 4.56. The zero-order valence-electron chi connectivity index (χ0n) is 15.9. The molecule has 0 aliphatic heterocycles. The highest BCUT2D eigenvalue weighted by molar-refractivity contribution is 5.98. The molecule has 1 heterocycles. The first-order chi connectivity index (χ1) is 13.5. The molecule has 1 amide bonds. The monoisotopic (exact) mass is 374 g/mol. The van der Waals surface area contributed by atoms with Crippen molar-refractivity contribution in [3.8, 4) is 0 Å². The van der Waals surface area contributed by atoms with E-state index in [1.54, 1.807) is 36.5 Å². The molecule has 28 heavy (non-hydrogen) atoms. The van der Waals surface area contributed by atoms with Crippen LogP contribution in [0.1, 0.15) is 27.2 Å². The van der Waals surface area contributed by atoms with Crippen LogP contribution in [-0.4, -0.2) is 24.0 Å². The number of carbonyl (C=O) groups is 2. The van der Waals surface area contributed by atoms with Gasteiger partial charge >= 0.3 is 5.97 Å². The fraction of sp³-hybridized carbons (Fsp3) is 0.174. The Kier molecular flexibility index (Phi) is 5.84. The van der Waals surface area contributed by atoms with Crippen molar-refractivity contribution in [2.45, 2.75) is 18.9 Å². The number of carbonyl (C=O) groups excluding carboxylic acids is 2. The second-order valence-electron chi connectivity index (χ2n) is 6.60. The molecule has 1 unspecified atom stereocenters. The van der Waals surface area contributed by atoms with Gasteiger partial charge in [-0.25, -0.2) is 4.79 Å². The van der Waals surface area contributed by atoms with E-state index >= 15 is 0 Å². The molecule has 2 aromatic carbocycles. The summed E-state index contributed by atoms with van der Waals surface area (Å²) in [7, 11) is 1.31. The summed E-state index contributed by atoms with van der Waals surface area (Å²) in [5.41, 5.74) is 1.25. The largest absolute Gasteiger partial charge is 0.467 e. The average molecular weight is 374 g/mol. The molecular weight excluding hydrogens is 352 g/mol. The van der Waals surface area contributed by atoms with Crippen LogP contribution >= 0.6 is 0 Å². The van der Waals surface area contributed by atoms with Gasteiger partial charge in [0, 0.05) is 18.2 Å². The first-order valence-electron chi connectivity index (χ1n) is 8.98. The molecule has 0 spiro atoms. The Hall–Kier alpha value is -3.47. The molecule has 5 nitrogen and oxygen atoms in total. The number of ether oxygens (including phenoxy) is 1. The molecule has 3 aromatic rings. The van der Waals surface area contributed by atoms with Gasteiger partial charge in [0.2, 0.25) is 0 Å². The van der Waals surface area contributed by atoms with Crippen LogP contribution in [-0.2, 0) is 21.5 Å². The van der Waals surface area contributed by atoms with E-state index in [1.807, 2.05) is 49.4 Å². The van der Waals surface area contributed by atoms with E-state index < -0.39 is 11.5 Å². The van der Waals surface area contributed by atoms with E-state index in [-0.39, 0.29) is 12.3 Å². The molecule has 0 fully saturated rings. The number of nitrogens with one attached hydrogen (secondary N) is 1. The van der Waals surface area contributed by atoms with E-state index in [4.69, 9.17) is 4.74 Å². The van der Waals surface area contributed by atoms with Crippen LogP contribution in [0.3, 0.4) is 0 Å². The maximum atomic E-state index is 13.0. The van der Waals surface area contributed by atoms with Gasteiger partial charge in [-0.15, -0.1) is 0 Å². The van der Waals surface area contributed by atoms with Gasteiger partial charge < -0.3 is 10.1 Å². The van der Waals surface area contributed by atoms with Gasteiger partial charge in [0.05, 0.1) is 12.8 Å². The lowest BCUT2D eigenvalue weighted by atomic mass is 9.86. The molecule has 0 saturated carbocycles. The highest BCUT2D eigenvalue weighted by Gasteiger charge is 2.44. The molecule has 0 radical (unpaired) electrons. The molecular formula is C23H22N2O3. The third kappa shape index (κ3) is 4.09. The molecule has 1 N–H and O–H groups in total. The van der Waals surface area contributed by atoms with E-state index in [9.17, 15) is 9.59 Å². The van der Waals surface area contributed by atoms with Crippen molar-refractivity contribution in [2.24, 2.45) is 0 Å². The van der Waals surface area contributed by atoms with E-state index in [1.165, 1.54) is 7.11 Å². The second-order valence-corrected chi connectivity index (χ2v) is 6.60. The summed E-state index contributed by atoms with van der Waals surface area (Å²) in [5.74, 6) is -0.941. The summed E-state index contributed by atoms with van der Waals surface area (Å²) in [4.78, 5) is 30.4. The molecule has 0 aliphatic rings. The molecule has 142 valence electrons. The van der Waals surface area contributed by atoms with Gasteiger partial charge in [-0.2, -0.15) is 0 Å². The standard InChI is InChI=1S/C23H22N2O3/c1-17-13-14-24-20(15-17)23(22(27)28-2,16-18-9-5-3-6-10-18)25-21(26)19-11-7-4-8-12-19/h3-15H,16H2,1-2H3,(H,25,26). The lowest BCUT2D eigenvalue weighted by molar-refractivity contribution is -0.149. The average Bonchev–Trinajstić information content (AvgIpc) is 2.74. The number of amides is 1. The number of aryl methyl sites for hydroxylation is 1. The number of hydrogen-bond donors (Lipinski definition) is 1. The Bertz CT molecular complexity index is 958. The number of aromatic nitrogens is 1. The summed E-state index contributed by atoms with van der Waals surface area (Å²) in [5, 5.41) is 2.91.